The summed E-state index contributed by atoms with van der Waals surface area (Å²) in [5, 5.41) is 3.39. The Morgan fingerprint density at radius 2 is 1.59 bits per heavy atom. The van der Waals surface area contributed by atoms with Crippen LogP contribution in [0.5, 0.6) is 0 Å². The summed E-state index contributed by atoms with van der Waals surface area (Å²) in [6.07, 6.45) is 0. The van der Waals surface area contributed by atoms with Crippen LogP contribution < -0.4 is 11.1 Å². The molecule has 2 aromatic rings. The van der Waals surface area contributed by atoms with Gasteiger partial charge in [-0.3, -0.25) is 0 Å². The molecule has 88 valence electrons. The molecule has 17 heavy (non-hydrogen) atoms. The molecule has 3 N–H and O–H groups in total. The highest BCUT2D eigenvalue weighted by atomic mass is 79.9. The number of para-hydroxylation sites is 1. The molecule has 0 fully saturated rings. The average Bonchev–Trinajstić information content (AvgIpc) is 2.38. The normalized spacial score (nSPS) is 10.2. The van der Waals surface area contributed by atoms with E-state index in [9.17, 15) is 0 Å². The molecule has 0 spiro atoms. The summed E-state index contributed by atoms with van der Waals surface area (Å²) in [4.78, 5) is 0. The molecule has 0 amide bonds. The van der Waals surface area contributed by atoms with Crippen LogP contribution in [-0.4, -0.2) is 0 Å². The fraction of sp³-hybridized carbons (Fsp3) is 0.143. The molecule has 0 aliphatic carbocycles. The van der Waals surface area contributed by atoms with Gasteiger partial charge in [0.15, 0.2) is 0 Å². The summed E-state index contributed by atoms with van der Waals surface area (Å²) >= 11 is 3.51. The quantitative estimate of drug-likeness (QED) is 0.904. The van der Waals surface area contributed by atoms with E-state index < -0.39 is 0 Å². The highest BCUT2D eigenvalue weighted by molar-refractivity contribution is 9.10. The van der Waals surface area contributed by atoms with E-state index in [-0.39, 0.29) is 0 Å². The second kappa shape index (κ2) is 5.84. The lowest BCUT2D eigenvalue weighted by Crippen LogP contribution is -2.01. The van der Waals surface area contributed by atoms with Gasteiger partial charge in [-0.05, 0) is 39.2 Å². The molecule has 0 saturated heterocycles. The Labute approximate surface area is 110 Å². The third-order valence-corrected chi connectivity index (χ3v) is 3.31. The molecule has 0 radical (unpaired) electrons. The minimum absolute atomic E-state index is 0.595. The number of nitrogens with two attached hydrogens (primary N) is 1. The van der Waals surface area contributed by atoms with E-state index >= 15 is 0 Å². The molecule has 0 heterocycles. The highest BCUT2D eigenvalue weighted by Gasteiger charge is 1.98. The predicted octanol–water partition coefficient (Wildman–Crippen LogP) is 3.52. The van der Waals surface area contributed by atoms with Gasteiger partial charge < -0.3 is 11.1 Å². The minimum atomic E-state index is 0.595. The number of hydrogen-bond donors (Lipinski definition) is 2. The first kappa shape index (κ1) is 12.1. The smallest absolute Gasteiger partial charge is 0.0487 e. The molecule has 0 aromatic heterocycles. The van der Waals surface area contributed by atoms with Crippen molar-refractivity contribution in [2.75, 3.05) is 5.32 Å². The van der Waals surface area contributed by atoms with E-state index in [4.69, 9.17) is 5.73 Å². The fourth-order valence-corrected chi connectivity index (χ4v) is 2.02. The number of hydrogen-bond acceptors (Lipinski definition) is 2. The second-order valence-electron chi connectivity index (χ2n) is 3.85. The Hall–Kier alpha value is -1.32. The lowest BCUT2D eigenvalue weighted by atomic mass is 10.1. The molecular formula is C14H15BrN2. The van der Waals surface area contributed by atoms with Gasteiger partial charge >= 0.3 is 0 Å². The molecule has 0 bridgehead atoms. The maximum atomic E-state index is 5.56. The Bertz CT molecular complexity index is 480. The zero-order valence-electron chi connectivity index (χ0n) is 9.49. The highest BCUT2D eigenvalue weighted by Crippen LogP contribution is 2.21. The van der Waals surface area contributed by atoms with Gasteiger partial charge in [0, 0.05) is 23.2 Å². The summed E-state index contributed by atoms with van der Waals surface area (Å²) in [6.45, 7) is 1.41. The van der Waals surface area contributed by atoms with Gasteiger partial charge in [0.25, 0.3) is 0 Å². The predicted molar refractivity (Wildman–Crippen MR) is 75.8 cm³/mol. The molecule has 2 nitrogen and oxygen atoms in total. The Morgan fingerprint density at radius 1 is 0.941 bits per heavy atom. The lowest BCUT2D eigenvalue weighted by molar-refractivity contribution is 1.06. The molecule has 3 heteroatoms. The first-order chi connectivity index (χ1) is 8.29. The van der Waals surface area contributed by atoms with Crippen LogP contribution >= 0.6 is 15.9 Å². The monoisotopic (exact) mass is 290 g/mol. The van der Waals surface area contributed by atoms with Gasteiger partial charge in [-0.2, -0.15) is 0 Å². The van der Waals surface area contributed by atoms with Gasteiger partial charge in [-0.1, -0.05) is 36.4 Å². The first-order valence-corrected chi connectivity index (χ1v) is 6.35. The van der Waals surface area contributed by atoms with E-state index in [1.54, 1.807) is 0 Å². The molecule has 2 rings (SSSR count). The Kier molecular flexibility index (Phi) is 4.18. The molecule has 0 unspecified atom stereocenters. The van der Waals surface area contributed by atoms with E-state index in [2.05, 4.69) is 51.6 Å². The SMILES string of the molecule is NCc1ccc(CNc2ccccc2Br)cc1. The molecule has 2 aromatic carbocycles. The van der Waals surface area contributed by atoms with Crippen LogP contribution in [-0.2, 0) is 13.1 Å². The summed E-state index contributed by atoms with van der Waals surface area (Å²) in [5.41, 5.74) is 9.08. The number of rotatable bonds is 4. The molecule has 0 saturated carbocycles. The zero-order chi connectivity index (χ0) is 12.1. The summed E-state index contributed by atoms with van der Waals surface area (Å²) in [7, 11) is 0. The summed E-state index contributed by atoms with van der Waals surface area (Å²) in [6, 6.07) is 16.4. The van der Waals surface area contributed by atoms with Gasteiger partial charge in [-0.25, -0.2) is 0 Å². The van der Waals surface area contributed by atoms with Crippen LogP contribution in [0.3, 0.4) is 0 Å². The lowest BCUT2D eigenvalue weighted by Gasteiger charge is -2.08. The van der Waals surface area contributed by atoms with Crippen molar-refractivity contribution in [2.24, 2.45) is 5.73 Å². The Morgan fingerprint density at radius 3 is 2.24 bits per heavy atom. The van der Waals surface area contributed by atoms with Crippen LogP contribution in [0.1, 0.15) is 11.1 Å². The van der Waals surface area contributed by atoms with Crippen molar-refractivity contribution in [1.29, 1.82) is 0 Å². The van der Waals surface area contributed by atoms with Crippen molar-refractivity contribution in [1.82, 2.24) is 0 Å². The van der Waals surface area contributed by atoms with Crippen molar-refractivity contribution < 1.29 is 0 Å². The second-order valence-corrected chi connectivity index (χ2v) is 4.71. The van der Waals surface area contributed by atoms with Crippen molar-refractivity contribution >= 4 is 21.6 Å². The first-order valence-electron chi connectivity index (χ1n) is 5.56. The molecular weight excluding hydrogens is 276 g/mol. The van der Waals surface area contributed by atoms with Crippen LogP contribution in [0.4, 0.5) is 5.69 Å². The molecule has 0 aliphatic heterocycles. The number of halogens is 1. The van der Waals surface area contributed by atoms with Crippen molar-refractivity contribution in [3.05, 3.63) is 64.1 Å². The summed E-state index contributed by atoms with van der Waals surface area (Å²) < 4.78 is 1.08. The maximum Gasteiger partial charge on any atom is 0.0487 e. The van der Waals surface area contributed by atoms with Gasteiger partial charge in [0.1, 0.15) is 0 Å². The van der Waals surface area contributed by atoms with E-state index in [1.807, 2.05) is 18.2 Å². The standard InChI is InChI=1S/C14H15BrN2/c15-13-3-1-2-4-14(13)17-10-12-7-5-11(9-16)6-8-12/h1-8,17H,9-10,16H2. The average molecular weight is 291 g/mol. The van der Waals surface area contributed by atoms with Crippen molar-refractivity contribution in [3.63, 3.8) is 0 Å². The van der Waals surface area contributed by atoms with Crippen LogP contribution in [0.2, 0.25) is 0 Å². The summed E-state index contributed by atoms with van der Waals surface area (Å²) in [5.74, 6) is 0. The topological polar surface area (TPSA) is 38.0 Å². The zero-order valence-corrected chi connectivity index (χ0v) is 11.1. The van der Waals surface area contributed by atoms with Crippen molar-refractivity contribution in [3.8, 4) is 0 Å². The largest absolute Gasteiger partial charge is 0.380 e. The van der Waals surface area contributed by atoms with Gasteiger partial charge in [0.05, 0.1) is 0 Å². The number of anilines is 1. The van der Waals surface area contributed by atoms with Crippen molar-refractivity contribution in [2.45, 2.75) is 13.1 Å². The van der Waals surface area contributed by atoms with Crippen LogP contribution in [0.25, 0.3) is 0 Å². The maximum absolute atomic E-state index is 5.56. The molecule has 0 atom stereocenters. The van der Waals surface area contributed by atoms with E-state index in [0.717, 1.165) is 22.3 Å². The van der Waals surface area contributed by atoms with Gasteiger partial charge in [-0.15, -0.1) is 0 Å². The number of nitrogens with one attached hydrogen (secondary N) is 1. The van der Waals surface area contributed by atoms with E-state index in [1.165, 1.54) is 5.56 Å². The van der Waals surface area contributed by atoms with E-state index in [0.29, 0.717) is 6.54 Å². The minimum Gasteiger partial charge on any atom is -0.380 e. The van der Waals surface area contributed by atoms with Crippen LogP contribution in [0, 0.1) is 0 Å². The Balaban J connectivity index is 2.00. The molecule has 0 aliphatic rings. The van der Waals surface area contributed by atoms with Gasteiger partial charge in [0.2, 0.25) is 0 Å². The number of benzene rings is 2. The third kappa shape index (κ3) is 3.32. The third-order valence-electron chi connectivity index (χ3n) is 2.62. The van der Waals surface area contributed by atoms with Crippen LogP contribution in [0.15, 0.2) is 53.0 Å². The fourth-order valence-electron chi connectivity index (χ4n) is 1.60.